The van der Waals surface area contributed by atoms with E-state index in [0.717, 1.165) is 5.39 Å². The van der Waals surface area contributed by atoms with Gasteiger partial charge in [-0.1, -0.05) is 26.0 Å². The molecule has 2 rings (SSSR count). The summed E-state index contributed by atoms with van der Waals surface area (Å²) in [5, 5.41) is 0.833. The van der Waals surface area contributed by atoms with E-state index in [1.807, 2.05) is 25.1 Å². The number of fused-ring (bicyclic) bond motifs is 1. The second kappa shape index (κ2) is 4.62. The van der Waals surface area contributed by atoms with E-state index in [-0.39, 0.29) is 11.7 Å². The van der Waals surface area contributed by atoms with E-state index in [1.165, 1.54) is 6.07 Å². The van der Waals surface area contributed by atoms with E-state index >= 15 is 0 Å². The molecule has 1 aromatic heterocycles. The van der Waals surface area contributed by atoms with Gasteiger partial charge in [0.2, 0.25) is 0 Å². The van der Waals surface area contributed by atoms with E-state index in [9.17, 15) is 4.79 Å². The van der Waals surface area contributed by atoms with Crippen molar-refractivity contribution in [3.05, 3.63) is 40.8 Å². The Morgan fingerprint density at radius 3 is 2.59 bits per heavy atom. The van der Waals surface area contributed by atoms with Crippen molar-refractivity contribution < 1.29 is 9.15 Å². The van der Waals surface area contributed by atoms with Gasteiger partial charge in [0.15, 0.2) is 0 Å². The van der Waals surface area contributed by atoms with Crippen LogP contribution in [-0.4, -0.2) is 6.10 Å². The predicted octanol–water partition coefficient (Wildman–Crippen LogP) is 3.22. The lowest BCUT2D eigenvalue weighted by molar-refractivity contribution is 0.172. The van der Waals surface area contributed by atoms with Crippen LogP contribution in [0.15, 0.2) is 39.5 Å². The smallest absolute Gasteiger partial charge is 0.339 e. The number of hydrogen-bond donors (Lipinski definition) is 0. The molecule has 0 aliphatic carbocycles. The second-order valence-electron chi connectivity index (χ2n) is 4.49. The van der Waals surface area contributed by atoms with E-state index in [0.29, 0.717) is 17.3 Å². The molecular weight excluding hydrogens is 216 g/mol. The largest absolute Gasteiger partial charge is 0.489 e. The van der Waals surface area contributed by atoms with Crippen molar-refractivity contribution in [2.75, 3.05) is 0 Å². The first kappa shape index (κ1) is 11.7. The molecule has 3 nitrogen and oxygen atoms in total. The number of hydrogen-bond acceptors (Lipinski definition) is 3. The first-order valence-electron chi connectivity index (χ1n) is 5.77. The van der Waals surface area contributed by atoms with Gasteiger partial charge in [-0.05, 0) is 25.0 Å². The van der Waals surface area contributed by atoms with Crippen LogP contribution in [0.5, 0.6) is 5.75 Å². The maximum absolute atomic E-state index is 11.4. The SMILES string of the molecule is CC(C)C(C)Oc1cc(=O)oc2ccccc12. The highest BCUT2D eigenvalue weighted by molar-refractivity contribution is 5.82. The molecule has 17 heavy (non-hydrogen) atoms. The molecule has 1 atom stereocenters. The third-order valence-corrected chi connectivity index (χ3v) is 2.86. The van der Waals surface area contributed by atoms with Gasteiger partial charge in [0.05, 0.1) is 17.6 Å². The number of para-hydroxylation sites is 1. The van der Waals surface area contributed by atoms with Crippen LogP contribution < -0.4 is 10.4 Å². The minimum Gasteiger partial charge on any atom is -0.489 e. The van der Waals surface area contributed by atoms with Crippen LogP contribution in [0.3, 0.4) is 0 Å². The highest BCUT2D eigenvalue weighted by atomic mass is 16.5. The van der Waals surface area contributed by atoms with Crippen molar-refractivity contribution in [2.24, 2.45) is 5.92 Å². The molecule has 0 amide bonds. The maximum atomic E-state index is 11.4. The van der Waals surface area contributed by atoms with Crippen LogP contribution in [0.4, 0.5) is 0 Å². The van der Waals surface area contributed by atoms with Crippen LogP contribution >= 0.6 is 0 Å². The predicted molar refractivity (Wildman–Crippen MR) is 67.4 cm³/mol. The highest BCUT2D eigenvalue weighted by Gasteiger charge is 2.12. The van der Waals surface area contributed by atoms with Gasteiger partial charge in [-0.15, -0.1) is 0 Å². The molecule has 0 aliphatic rings. The van der Waals surface area contributed by atoms with Gasteiger partial charge in [0, 0.05) is 0 Å². The van der Waals surface area contributed by atoms with Crippen molar-refractivity contribution >= 4 is 11.0 Å². The zero-order valence-electron chi connectivity index (χ0n) is 10.3. The van der Waals surface area contributed by atoms with Crippen molar-refractivity contribution in [2.45, 2.75) is 26.9 Å². The van der Waals surface area contributed by atoms with Crippen LogP contribution in [0.2, 0.25) is 0 Å². The minimum absolute atomic E-state index is 0.0557. The normalized spacial score (nSPS) is 12.9. The number of benzene rings is 1. The Morgan fingerprint density at radius 2 is 1.88 bits per heavy atom. The topological polar surface area (TPSA) is 39.4 Å². The Morgan fingerprint density at radius 1 is 1.18 bits per heavy atom. The molecule has 1 heterocycles. The zero-order valence-corrected chi connectivity index (χ0v) is 10.3. The molecule has 0 saturated carbocycles. The van der Waals surface area contributed by atoms with Crippen LogP contribution in [0.1, 0.15) is 20.8 Å². The summed E-state index contributed by atoms with van der Waals surface area (Å²) in [5.41, 5.74) is 0.181. The van der Waals surface area contributed by atoms with Crippen LogP contribution in [-0.2, 0) is 0 Å². The highest BCUT2D eigenvalue weighted by Crippen LogP contribution is 2.25. The minimum atomic E-state index is -0.380. The summed E-state index contributed by atoms with van der Waals surface area (Å²) in [5.74, 6) is 0.985. The molecule has 0 bridgehead atoms. The quantitative estimate of drug-likeness (QED) is 0.763. The summed E-state index contributed by atoms with van der Waals surface area (Å²) >= 11 is 0. The first-order chi connectivity index (χ1) is 8.08. The lowest BCUT2D eigenvalue weighted by atomic mass is 10.1. The molecular formula is C14H16O3. The Hall–Kier alpha value is -1.77. The number of ether oxygens (including phenoxy) is 1. The summed E-state index contributed by atoms with van der Waals surface area (Å²) in [4.78, 5) is 11.4. The van der Waals surface area contributed by atoms with Crippen molar-refractivity contribution in [1.82, 2.24) is 0 Å². The van der Waals surface area contributed by atoms with Gasteiger partial charge >= 0.3 is 5.63 Å². The summed E-state index contributed by atoms with van der Waals surface area (Å²) in [6.45, 7) is 6.16. The second-order valence-corrected chi connectivity index (χ2v) is 4.49. The van der Waals surface area contributed by atoms with E-state index < -0.39 is 0 Å². The van der Waals surface area contributed by atoms with Gasteiger partial charge in [-0.2, -0.15) is 0 Å². The van der Waals surface area contributed by atoms with Crippen molar-refractivity contribution in [3.8, 4) is 5.75 Å². The molecule has 0 saturated heterocycles. The van der Waals surface area contributed by atoms with Gasteiger partial charge in [-0.25, -0.2) is 4.79 Å². The first-order valence-corrected chi connectivity index (χ1v) is 5.77. The lowest BCUT2D eigenvalue weighted by Crippen LogP contribution is -2.19. The molecule has 3 heteroatoms. The average molecular weight is 232 g/mol. The third-order valence-electron chi connectivity index (χ3n) is 2.86. The van der Waals surface area contributed by atoms with Crippen LogP contribution in [0.25, 0.3) is 11.0 Å². The Bertz CT molecular complexity index is 569. The molecule has 1 unspecified atom stereocenters. The molecule has 0 fully saturated rings. The van der Waals surface area contributed by atoms with Gasteiger partial charge in [-0.3, -0.25) is 0 Å². The summed E-state index contributed by atoms with van der Waals surface area (Å²) in [6.07, 6.45) is 0.0557. The van der Waals surface area contributed by atoms with Crippen molar-refractivity contribution in [3.63, 3.8) is 0 Å². The van der Waals surface area contributed by atoms with Gasteiger partial charge < -0.3 is 9.15 Å². The molecule has 0 aliphatic heterocycles. The molecule has 90 valence electrons. The molecule has 1 aromatic carbocycles. The Kier molecular flexibility index (Phi) is 3.18. The zero-order chi connectivity index (χ0) is 12.4. The molecule has 0 spiro atoms. The third kappa shape index (κ3) is 2.49. The summed E-state index contributed by atoms with van der Waals surface area (Å²) in [7, 11) is 0. The van der Waals surface area contributed by atoms with E-state index in [2.05, 4.69) is 13.8 Å². The van der Waals surface area contributed by atoms with Gasteiger partial charge in [0.1, 0.15) is 11.3 Å². The van der Waals surface area contributed by atoms with E-state index in [4.69, 9.17) is 9.15 Å². The average Bonchev–Trinajstić information content (AvgIpc) is 2.28. The fourth-order valence-corrected chi connectivity index (χ4v) is 1.52. The van der Waals surface area contributed by atoms with Crippen LogP contribution in [0, 0.1) is 5.92 Å². The van der Waals surface area contributed by atoms with Crippen molar-refractivity contribution in [1.29, 1.82) is 0 Å². The molecule has 0 radical (unpaired) electrons. The maximum Gasteiger partial charge on any atom is 0.339 e. The summed E-state index contributed by atoms with van der Waals surface area (Å²) in [6, 6.07) is 8.79. The summed E-state index contributed by atoms with van der Waals surface area (Å²) < 4.78 is 10.9. The van der Waals surface area contributed by atoms with Gasteiger partial charge in [0.25, 0.3) is 0 Å². The standard InChI is InChI=1S/C14H16O3/c1-9(2)10(3)16-13-8-14(15)17-12-7-5-4-6-11(12)13/h4-10H,1-3H3. The lowest BCUT2D eigenvalue weighted by Gasteiger charge is -2.18. The van der Waals surface area contributed by atoms with E-state index in [1.54, 1.807) is 6.07 Å². The molecule has 2 aromatic rings. The fraction of sp³-hybridized carbons (Fsp3) is 0.357. The fourth-order valence-electron chi connectivity index (χ4n) is 1.52. The number of rotatable bonds is 3. The molecule has 0 N–H and O–H groups in total. The Balaban J connectivity index is 2.49. The Labute approximate surface area is 100 Å². The monoisotopic (exact) mass is 232 g/mol.